The molecule has 0 atom stereocenters. The number of benzene rings is 2. The summed E-state index contributed by atoms with van der Waals surface area (Å²) in [5.74, 6) is 0. The summed E-state index contributed by atoms with van der Waals surface area (Å²) in [6.45, 7) is 0. The molecule has 0 N–H and O–H groups in total. The van der Waals surface area contributed by atoms with Gasteiger partial charge in [0.1, 0.15) is 0 Å². The van der Waals surface area contributed by atoms with Crippen LogP contribution in [0, 0.1) is 0 Å². The second kappa shape index (κ2) is 5.34. The topological polar surface area (TPSA) is 0 Å². The Bertz CT molecular complexity index is 623. The Kier molecular flexibility index (Phi) is 3.40. The molecule has 2 aromatic heterocycles. The Balaban J connectivity index is 0.000000111. The minimum absolute atomic E-state index is 1.35. The predicted molar refractivity (Wildman–Crippen MR) is 83.7 cm³/mol. The van der Waals surface area contributed by atoms with Crippen LogP contribution < -0.4 is 0 Å². The van der Waals surface area contributed by atoms with Crippen molar-refractivity contribution >= 4 is 43.5 Å². The Morgan fingerprint density at radius 1 is 0.611 bits per heavy atom. The molecular formula is C16H12S2. The van der Waals surface area contributed by atoms with E-state index in [2.05, 4.69) is 70.7 Å². The molecule has 0 unspecified atom stereocenters. The highest BCUT2D eigenvalue weighted by Crippen LogP contribution is 2.19. The van der Waals surface area contributed by atoms with Crippen LogP contribution in [0.5, 0.6) is 0 Å². The molecule has 0 saturated carbocycles. The molecule has 0 aliphatic carbocycles. The fraction of sp³-hybridized carbons (Fsp3) is 0. The van der Waals surface area contributed by atoms with Crippen molar-refractivity contribution in [1.29, 1.82) is 0 Å². The summed E-state index contributed by atoms with van der Waals surface area (Å²) in [5, 5.41) is 10.5. The summed E-state index contributed by atoms with van der Waals surface area (Å²) in [4.78, 5) is 0. The fourth-order valence-corrected chi connectivity index (χ4v) is 3.39. The highest BCUT2D eigenvalue weighted by molar-refractivity contribution is 7.17. The second-order valence-corrected chi connectivity index (χ2v) is 5.65. The van der Waals surface area contributed by atoms with Crippen molar-refractivity contribution < 1.29 is 0 Å². The molecule has 88 valence electrons. The molecule has 2 heterocycles. The van der Waals surface area contributed by atoms with Crippen LogP contribution in [0.1, 0.15) is 0 Å². The average Bonchev–Trinajstić information content (AvgIpc) is 3.08. The van der Waals surface area contributed by atoms with Crippen LogP contribution >= 0.6 is 22.7 Å². The van der Waals surface area contributed by atoms with E-state index in [4.69, 9.17) is 0 Å². The molecule has 0 fully saturated rings. The van der Waals surface area contributed by atoms with Gasteiger partial charge in [0.15, 0.2) is 0 Å². The largest absolute Gasteiger partial charge is 0.151 e. The van der Waals surface area contributed by atoms with Gasteiger partial charge in [0, 0.05) is 4.70 Å². The molecule has 0 nitrogen and oxygen atoms in total. The molecule has 0 radical (unpaired) electrons. The molecule has 4 rings (SSSR count). The van der Waals surface area contributed by atoms with E-state index in [0.29, 0.717) is 0 Å². The first-order valence-corrected chi connectivity index (χ1v) is 7.59. The third-order valence-electron chi connectivity index (χ3n) is 2.75. The molecule has 0 aliphatic heterocycles. The van der Waals surface area contributed by atoms with E-state index < -0.39 is 0 Å². The van der Waals surface area contributed by atoms with Crippen molar-refractivity contribution in [2.45, 2.75) is 0 Å². The molecule has 0 saturated heterocycles. The van der Waals surface area contributed by atoms with E-state index in [-0.39, 0.29) is 0 Å². The maximum atomic E-state index is 2.16. The number of hydrogen-bond acceptors (Lipinski definition) is 2. The molecular weight excluding hydrogens is 256 g/mol. The van der Waals surface area contributed by atoms with Gasteiger partial charge in [0.2, 0.25) is 0 Å². The van der Waals surface area contributed by atoms with Crippen molar-refractivity contribution in [3.05, 3.63) is 70.7 Å². The van der Waals surface area contributed by atoms with Gasteiger partial charge in [-0.1, -0.05) is 42.5 Å². The summed E-state index contributed by atoms with van der Waals surface area (Å²) < 4.78 is 1.37. The third kappa shape index (κ3) is 2.45. The zero-order valence-corrected chi connectivity index (χ0v) is 11.4. The molecule has 0 bridgehead atoms. The second-order valence-electron chi connectivity index (χ2n) is 3.96. The molecule has 0 amide bonds. The smallest absolute Gasteiger partial charge is 0.0342 e. The van der Waals surface area contributed by atoms with Gasteiger partial charge < -0.3 is 0 Å². The van der Waals surface area contributed by atoms with Gasteiger partial charge in [0.25, 0.3) is 0 Å². The van der Waals surface area contributed by atoms with Crippen LogP contribution in [-0.4, -0.2) is 0 Å². The quantitative estimate of drug-likeness (QED) is 0.378. The first-order chi connectivity index (χ1) is 8.93. The number of fused-ring (bicyclic) bond motifs is 2. The van der Waals surface area contributed by atoms with Gasteiger partial charge in [-0.05, 0) is 44.4 Å². The Hall–Kier alpha value is -1.64. The standard InChI is InChI=1S/2C8H6S/c1-2-4-8-6-9-5-7(8)3-1;1-2-4-8-7(3-1)5-6-9-8/h2*1-6H. The van der Waals surface area contributed by atoms with Crippen LogP contribution in [0.15, 0.2) is 70.7 Å². The Labute approximate surface area is 114 Å². The molecule has 4 aromatic rings. The summed E-state index contributed by atoms with van der Waals surface area (Å²) in [6.07, 6.45) is 0. The molecule has 0 aliphatic rings. The summed E-state index contributed by atoms with van der Waals surface area (Å²) in [5.41, 5.74) is 0. The van der Waals surface area contributed by atoms with E-state index in [9.17, 15) is 0 Å². The molecule has 2 heteroatoms. The van der Waals surface area contributed by atoms with Gasteiger partial charge in [0.05, 0.1) is 0 Å². The van der Waals surface area contributed by atoms with Gasteiger partial charge in [-0.25, -0.2) is 0 Å². The van der Waals surface area contributed by atoms with Crippen LogP contribution in [0.2, 0.25) is 0 Å². The SMILES string of the molecule is c1ccc2cscc2c1.c1ccc2sccc2c1. The van der Waals surface area contributed by atoms with Crippen molar-refractivity contribution in [3.63, 3.8) is 0 Å². The molecule has 2 aromatic carbocycles. The van der Waals surface area contributed by atoms with Crippen molar-refractivity contribution in [2.24, 2.45) is 0 Å². The number of rotatable bonds is 0. The van der Waals surface area contributed by atoms with Crippen LogP contribution in [-0.2, 0) is 0 Å². The Morgan fingerprint density at radius 2 is 1.22 bits per heavy atom. The average molecular weight is 268 g/mol. The summed E-state index contributed by atoms with van der Waals surface area (Å²) >= 11 is 3.54. The summed E-state index contributed by atoms with van der Waals surface area (Å²) in [6, 6.07) is 18.9. The van der Waals surface area contributed by atoms with Gasteiger partial charge in [-0.15, -0.1) is 11.3 Å². The van der Waals surface area contributed by atoms with Crippen LogP contribution in [0.25, 0.3) is 20.9 Å². The van der Waals surface area contributed by atoms with Gasteiger partial charge in [-0.2, -0.15) is 11.3 Å². The first-order valence-electron chi connectivity index (χ1n) is 5.77. The van der Waals surface area contributed by atoms with Crippen molar-refractivity contribution in [1.82, 2.24) is 0 Å². The molecule has 18 heavy (non-hydrogen) atoms. The van der Waals surface area contributed by atoms with Gasteiger partial charge in [-0.3, -0.25) is 0 Å². The minimum atomic E-state index is 1.35. The highest BCUT2D eigenvalue weighted by atomic mass is 32.1. The van der Waals surface area contributed by atoms with E-state index >= 15 is 0 Å². The highest BCUT2D eigenvalue weighted by Gasteiger charge is 1.88. The van der Waals surface area contributed by atoms with E-state index in [1.54, 1.807) is 22.7 Å². The summed E-state index contributed by atoms with van der Waals surface area (Å²) in [7, 11) is 0. The normalized spacial score (nSPS) is 10.2. The lowest BCUT2D eigenvalue weighted by Gasteiger charge is -1.82. The third-order valence-corrected chi connectivity index (χ3v) is 4.43. The van der Waals surface area contributed by atoms with E-state index in [1.807, 2.05) is 0 Å². The minimum Gasteiger partial charge on any atom is -0.151 e. The Morgan fingerprint density at radius 3 is 1.89 bits per heavy atom. The van der Waals surface area contributed by atoms with Crippen molar-refractivity contribution in [2.75, 3.05) is 0 Å². The maximum Gasteiger partial charge on any atom is 0.0342 e. The van der Waals surface area contributed by atoms with E-state index in [0.717, 1.165) is 0 Å². The lowest BCUT2D eigenvalue weighted by molar-refractivity contribution is 1.85. The zero-order valence-electron chi connectivity index (χ0n) is 9.74. The number of hydrogen-bond donors (Lipinski definition) is 0. The van der Waals surface area contributed by atoms with E-state index in [1.165, 1.54) is 20.9 Å². The first kappa shape index (κ1) is 11.5. The predicted octanol–water partition coefficient (Wildman–Crippen LogP) is 5.80. The monoisotopic (exact) mass is 268 g/mol. The van der Waals surface area contributed by atoms with Crippen LogP contribution in [0.3, 0.4) is 0 Å². The zero-order chi connectivity index (χ0) is 12.2. The number of thiophene rings is 2. The van der Waals surface area contributed by atoms with Gasteiger partial charge >= 0.3 is 0 Å². The lowest BCUT2D eigenvalue weighted by atomic mass is 10.2. The maximum absolute atomic E-state index is 2.16. The fourth-order valence-electron chi connectivity index (χ4n) is 1.81. The van der Waals surface area contributed by atoms with Crippen molar-refractivity contribution in [3.8, 4) is 0 Å². The molecule has 0 spiro atoms. The van der Waals surface area contributed by atoms with Crippen LogP contribution in [0.4, 0.5) is 0 Å². The lowest BCUT2D eigenvalue weighted by Crippen LogP contribution is -1.57.